The van der Waals surface area contributed by atoms with Crippen molar-refractivity contribution in [3.05, 3.63) is 90.3 Å². The van der Waals surface area contributed by atoms with E-state index in [-0.39, 0.29) is 19.8 Å². The van der Waals surface area contributed by atoms with Crippen LogP contribution in [0.4, 0.5) is 0 Å². The largest absolute Gasteiger partial charge is 0.461 e. The summed E-state index contributed by atoms with van der Waals surface area (Å²) in [7, 11) is 0. The number of hydrogen-bond acceptors (Lipinski definition) is 9. The van der Waals surface area contributed by atoms with Crippen molar-refractivity contribution in [2.75, 3.05) is 19.8 Å². The van der Waals surface area contributed by atoms with E-state index in [0.29, 0.717) is 16.7 Å². The molecule has 9 heteroatoms. The van der Waals surface area contributed by atoms with Crippen LogP contribution in [0.5, 0.6) is 0 Å². The van der Waals surface area contributed by atoms with Crippen LogP contribution in [0.25, 0.3) is 0 Å². The third kappa shape index (κ3) is 6.43. The first-order valence-electron chi connectivity index (χ1n) is 9.68. The van der Waals surface area contributed by atoms with Gasteiger partial charge in [-0.25, -0.2) is 14.4 Å². The van der Waals surface area contributed by atoms with Crippen molar-refractivity contribution in [3.63, 3.8) is 0 Å². The van der Waals surface area contributed by atoms with Crippen molar-refractivity contribution < 1.29 is 28.6 Å². The lowest BCUT2D eigenvalue weighted by molar-refractivity contribution is -0.0288. The van der Waals surface area contributed by atoms with Gasteiger partial charge in [0.2, 0.25) is 0 Å². The van der Waals surface area contributed by atoms with Gasteiger partial charge in [0, 0.05) is 37.2 Å². The molecule has 0 atom stereocenters. The van der Waals surface area contributed by atoms with Gasteiger partial charge in [0.1, 0.15) is 19.8 Å². The molecular weight excluding hydrogens is 414 g/mol. The van der Waals surface area contributed by atoms with E-state index in [2.05, 4.69) is 15.0 Å². The van der Waals surface area contributed by atoms with Gasteiger partial charge in [-0.05, 0) is 43.3 Å². The molecule has 3 aromatic heterocycles. The molecular formula is C23H21N3O6. The van der Waals surface area contributed by atoms with Gasteiger partial charge in [-0.2, -0.15) is 0 Å². The van der Waals surface area contributed by atoms with Crippen LogP contribution in [0.2, 0.25) is 0 Å². The molecule has 0 amide bonds. The summed E-state index contributed by atoms with van der Waals surface area (Å²) in [5, 5.41) is 0. The van der Waals surface area contributed by atoms with E-state index in [1.165, 1.54) is 73.6 Å². The molecule has 0 fully saturated rings. The van der Waals surface area contributed by atoms with Crippen molar-refractivity contribution in [2.24, 2.45) is 5.41 Å². The molecule has 0 spiro atoms. The summed E-state index contributed by atoms with van der Waals surface area (Å²) >= 11 is 0. The molecule has 0 aromatic carbocycles. The van der Waals surface area contributed by atoms with E-state index in [4.69, 9.17) is 14.2 Å². The normalized spacial score (nSPS) is 10.8. The van der Waals surface area contributed by atoms with Gasteiger partial charge in [0.05, 0.1) is 22.1 Å². The lowest BCUT2D eigenvalue weighted by Gasteiger charge is -2.28. The maximum Gasteiger partial charge on any atom is 0.338 e. The molecule has 0 saturated carbocycles. The molecule has 164 valence electrons. The second-order valence-electron chi connectivity index (χ2n) is 7.25. The predicted molar refractivity (Wildman–Crippen MR) is 112 cm³/mol. The highest BCUT2D eigenvalue weighted by Gasteiger charge is 2.31. The molecule has 0 N–H and O–H groups in total. The minimum Gasteiger partial charge on any atom is -0.461 e. The van der Waals surface area contributed by atoms with E-state index in [1.807, 2.05) is 0 Å². The molecule has 3 rings (SSSR count). The van der Waals surface area contributed by atoms with E-state index in [9.17, 15) is 14.4 Å². The van der Waals surface area contributed by atoms with Crippen molar-refractivity contribution in [1.82, 2.24) is 15.0 Å². The summed E-state index contributed by atoms with van der Waals surface area (Å²) in [5.74, 6) is -1.71. The Morgan fingerprint density at radius 2 is 0.844 bits per heavy atom. The van der Waals surface area contributed by atoms with Crippen LogP contribution in [-0.4, -0.2) is 52.7 Å². The van der Waals surface area contributed by atoms with Crippen LogP contribution >= 0.6 is 0 Å². The fourth-order valence-corrected chi connectivity index (χ4v) is 2.56. The Morgan fingerprint density at radius 3 is 1.09 bits per heavy atom. The Bertz CT molecular complexity index is 910. The van der Waals surface area contributed by atoms with Crippen LogP contribution in [0.3, 0.4) is 0 Å². The summed E-state index contributed by atoms with van der Waals surface area (Å²) in [5.41, 5.74) is -0.0200. The third-order valence-corrected chi connectivity index (χ3v) is 4.40. The van der Waals surface area contributed by atoms with Crippen molar-refractivity contribution in [2.45, 2.75) is 6.92 Å². The van der Waals surface area contributed by atoms with Crippen LogP contribution in [-0.2, 0) is 14.2 Å². The molecule has 32 heavy (non-hydrogen) atoms. The van der Waals surface area contributed by atoms with Gasteiger partial charge >= 0.3 is 17.9 Å². The molecule has 9 nitrogen and oxygen atoms in total. The Balaban J connectivity index is 1.66. The Kier molecular flexibility index (Phi) is 7.58. The second kappa shape index (κ2) is 10.8. The van der Waals surface area contributed by atoms with Crippen molar-refractivity contribution >= 4 is 17.9 Å². The first-order valence-corrected chi connectivity index (χ1v) is 9.68. The Morgan fingerprint density at radius 1 is 0.594 bits per heavy atom. The monoisotopic (exact) mass is 435 g/mol. The minimum absolute atomic E-state index is 0.151. The predicted octanol–water partition coefficient (Wildman–Crippen LogP) is 2.75. The maximum atomic E-state index is 12.3. The van der Waals surface area contributed by atoms with Crippen LogP contribution < -0.4 is 0 Å². The highest BCUT2D eigenvalue weighted by Crippen LogP contribution is 2.21. The molecule has 0 aliphatic heterocycles. The first-order chi connectivity index (χ1) is 15.5. The van der Waals surface area contributed by atoms with Gasteiger partial charge in [0.25, 0.3) is 0 Å². The standard InChI is InChI=1S/C23H21N3O6/c1-23(14-30-20(27)17-2-8-24-9-3-17,15-31-21(28)18-4-10-25-11-5-18)16-32-22(29)19-6-12-26-13-7-19/h2-13H,14-16H2,1H3. The number of ether oxygens (including phenoxy) is 3. The Labute approximate surface area is 184 Å². The van der Waals surface area contributed by atoms with Crippen LogP contribution in [0.1, 0.15) is 38.0 Å². The summed E-state index contributed by atoms with van der Waals surface area (Å²) < 4.78 is 16.2. The van der Waals surface area contributed by atoms with Crippen molar-refractivity contribution in [3.8, 4) is 0 Å². The summed E-state index contributed by atoms with van der Waals surface area (Å²) in [6.45, 7) is 1.23. The number of hydrogen-bond donors (Lipinski definition) is 0. The number of carbonyl (C=O) groups excluding carboxylic acids is 3. The zero-order chi connectivity index (χ0) is 22.8. The van der Waals surface area contributed by atoms with Gasteiger partial charge in [-0.15, -0.1) is 0 Å². The fraction of sp³-hybridized carbons (Fsp3) is 0.217. The number of rotatable bonds is 9. The summed E-state index contributed by atoms with van der Waals surface area (Å²) in [6.07, 6.45) is 8.85. The van der Waals surface area contributed by atoms with E-state index >= 15 is 0 Å². The fourth-order valence-electron chi connectivity index (χ4n) is 2.56. The zero-order valence-electron chi connectivity index (χ0n) is 17.3. The average molecular weight is 435 g/mol. The molecule has 0 radical (unpaired) electrons. The summed E-state index contributed by atoms with van der Waals surface area (Å²) in [6, 6.07) is 9.12. The van der Waals surface area contributed by atoms with E-state index < -0.39 is 23.3 Å². The highest BCUT2D eigenvalue weighted by atomic mass is 16.6. The SMILES string of the molecule is CC(COC(=O)c1ccncc1)(COC(=O)c1ccncc1)COC(=O)c1ccncc1. The number of pyridine rings is 3. The minimum atomic E-state index is -0.992. The number of aromatic nitrogens is 3. The smallest absolute Gasteiger partial charge is 0.338 e. The lowest BCUT2D eigenvalue weighted by Crippen LogP contribution is -2.37. The number of nitrogens with zero attached hydrogens (tertiary/aromatic N) is 3. The molecule has 3 heterocycles. The summed E-state index contributed by atoms with van der Waals surface area (Å²) in [4.78, 5) is 48.6. The Hall–Kier alpha value is -4.14. The third-order valence-electron chi connectivity index (χ3n) is 4.40. The molecule has 0 bridgehead atoms. The topological polar surface area (TPSA) is 118 Å². The van der Waals surface area contributed by atoms with Crippen molar-refractivity contribution in [1.29, 1.82) is 0 Å². The van der Waals surface area contributed by atoms with Gasteiger partial charge in [-0.1, -0.05) is 0 Å². The van der Waals surface area contributed by atoms with Crippen LogP contribution in [0.15, 0.2) is 73.6 Å². The van der Waals surface area contributed by atoms with Crippen LogP contribution in [0, 0.1) is 5.41 Å². The van der Waals surface area contributed by atoms with E-state index in [0.717, 1.165) is 0 Å². The molecule has 0 aliphatic rings. The lowest BCUT2D eigenvalue weighted by atomic mass is 9.94. The number of esters is 3. The maximum absolute atomic E-state index is 12.3. The zero-order valence-corrected chi connectivity index (χ0v) is 17.3. The van der Waals surface area contributed by atoms with Gasteiger partial charge in [-0.3, -0.25) is 15.0 Å². The first kappa shape index (κ1) is 22.5. The average Bonchev–Trinajstić information content (AvgIpc) is 2.86. The highest BCUT2D eigenvalue weighted by molar-refractivity contribution is 5.90. The van der Waals surface area contributed by atoms with E-state index in [1.54, 1.807) is 6.92 Å². The van der Waals surface area contributed by atoms with Gasteiger partial charge < -0.3 is 14.2 Å². The number of carbonyl (C=O) groups is 3. The molecule has 0 aliphatic carbocycles. The molecule has 3 aromatic rings. The quantitative estimate of drug-likeness (QED) is 0.369. The molecule has 0 unspecified atom stereocenters. The van der Waals surface area contributed by atoms with Gasteiger partial charge in [0.15, 0.2) is 0 Å². The second-order valence-corrected chi connectivity index (χ2v) is 7.25. The molecule has 0 saturated heterocycles.